The maximum Gasteiger partial charge on any atom is 0.466 e. The maximum absolute atomic E-state index is 8.88. The minimum atomic E-state index is -4.64. The van der Waals surface area contributed by atoms with Gasteiger partial charge in [-0.1, -0.05) is 6.07 Å². The third-order valence-electron chi connectivity index (χ3n) is 1.27. The molecule has 13 heavy (non-hydrogen) atoms. The lowest BCUT2D eigenvalue weighted by Crippen LogP contribution is -1.81. The molecule has 0 aliphatic rings. The first-order chi connectivity index (χ1) is 5.80. The fourth-order valence-corrected chi connectivity index (χ4v) is 0.565. The monoisotopic (exact) mass is 205 g/mol. The fourth-order valence-electron chi connectivity index (χ4n) is 0.565. The molecule has 0 saturated heterocycles. The quantitative estimate of drug-likeness (QED) is 0.544. The normalized spacial score (nSPS) is 10.2. The molecular weight excluding hydrogens is 193 g/mol. The molecule has 0 aliphatic carbocycles. The first-order valence-corrected chi connectivity index (χ1v) is 5.03. The summed E-state index contributed by atoms with van der Waals surface area (Å²) in [6.45, 7) is 4.07. The molecule has 0 bridgehead atoms. The van der Waals surface area contributed by atoms with Crippen LogP contribution in [0, 0.1) is 13.8 Å². The molecule has 0 amide bonds. The summed E-state index contributed by atoms with van der Waals surface area (Å²) in [5, 5.41) is 0. The lowest BCUT2D eigenvalue weighted by molar-refractivity contribution is 0.275. The summed E-state index contributed by atoms with van der Waals surface area (Å²) < 4.78 is 8.88. The van der Waals surface area contributed by atoms with Gasteiger partial charge >= 0.3 is 7.82 Å². The highest BCUT2D eigenvalue weighted by molar-refractivity contribution is 7.45. The molecule has 5 nitrogen and oxygen atoms in total. The van der Waals surface area contributed by atoms with Crippen LogP contribution in [0.15, 0.2) is 18.3 Å². The Morgan fingerprint density at radius 1 is 1.31 bits per heavy atom. The van der Waals surface area contributed by atoms with Crippen LogP contribution in [0.1, 0.15) is 11.3 Å². The zero-order chi connectivity index (χ0) is 10.5. The molecule has 1 aromatic heterocycles. The van der Waals surface area contributed by atoms with E-state index in [9.17, 15) is 0 Å². The molecule has 0 spiro atoms. The Labute approximate surface area is 76.3 Å². The first-order valence-electron chi connectivity index (χ1n) is 3.47. The number of aromatic nitrogens is 1. The van der Waals surface area contributed by atoms with Crippen LogP contribution in [0.3, 0.4) is 0 Å². The van der Waals surface area contributed by atoms with Crippen LogP contribution in [0.25, 0.3) is 0 Å². The average Bonchev–Trinajstić information content (AvgIpc) is 1.92. The van der Waals surface area contributed by atoms with E-state index in [-0.39, 0.29) is 0 Å². The summed E-state index contributed by atoms with van der Waals surface area (Å²) >= 11 is 0. The molecule has 1 heterocycles. The number of nitrogens with zero attached hydrogens (tertiary/aromatic N) is 1. The first kappa shape index (κ1) is 12.3. The van der Waals surface area contributed by atoms with Crippen LogP contribution in [0.2, 0.25) is 0 Å². The highest BCUT2D eigenvalue weighted by Crippen LogP contribution is 2.25. The van der Waals surface area contributed by atoms with Gasteiger partial charge in [-0.2, -0.15) is 0 Å². The molecule has 0 aliphatic heterocycles. The van der Waals surface area contributed by atoms with Gasteiger partial charge in [0.25, 0.3) is 0 Å². The smallest absolute Gasteiger partial charge is 0.303 e. The standard InChI is InChI=1S/C7H9N.H3O4P/c1-6-4-3-5-8-7(6)2;1-5(2,3)4/h3-5H,1-2H3;(H3,1,2,3,4). The van der Waals surface area contributed by atoms with E-state index in [2.05, 4.69) is 18.0 Å². The molecule has 0 radical (unpaired) electrons. The number of rotatable bonds is 0. The summed E-state index contributed by atoms with van der Waals surface area (Å²) in [6.07, 6.45) is 1.81. The SMILES string of the molecule is Cc1cccnc1C.O=P(O)(O)O. The van der Waals surface area contributed by atoms with Gasteiger partial charge < -0.3 is 14.7 Å². The van der Waals surface area contributed by atoms with Gasteiger partial charge in [-0.25, -0.2) is 4.57 Å². The molecule has 0 fully saturated rings. The van der Waals surface area contributed by atoms with Crippen LogP contribution in [0.5, 0.6) is 0 Å². The molecule has 0 saturated carbocycles. The number of pyridine rings is 1. The van der Waals surface area contributed by atoms with Gasteiger partial charge in [0.2, 0.25) is 0 Å². The molecular formula is C7H12NO4P. The second kappa shape index (κ2) is 5.09. The van der Waals surface area contributed by atoms with E-state index in [1.807, 2.05) is 19.2 Å². The summed E-state index contributed by atoms with van der Waals surface area (Å²) in [5.41, 5.74) is 2.38. The maximum atomic E-state index is 8.88. The van der Waals surface area contributed by atoms with E-state index in [4.69, 9.17) is 19.2 Å². The van der Waals surface area contributed by atoms with Crippen molar-refractivity contribution >= 4 is 7.82 Å². The highest BCUT2D eigenvalue weighted by atomic mass is 31.2. The van der Waals surface area contributed by atoms with E-state index in [0.717, 1.165) is 5.69 Å². The van der Waals surface area contributed by atoms with E-state index >= 15 is 0 Å². The zero-order valence-corrected chi connectivity index (χ0v) is 8.27. The van der Waals surface area contributed by atoms with Gasteiger partial charge in [-0.15, -0.1) is 0 Å². The molecule has 0 aromatic carbocycles. The van der Waals surface area contributed by atoms with Gasteiger partial charge in [0, 0.05) is 11.9 Å². The number of hydrogen-bond acceptors (Lipinski definition) is 2. The van der Waals surface area contributed by atoms with Crippen molar-refractivity contribution in [2.45, 2.75) is 13.8 Å². The zero-order valence-electron chi connectivity index (χ0n) is 7.38. The predicted molar refractivity (Wildman–Crippen MR) is 48.0 cm³/mol. The predicted octanol–water partition coefficient (Wildman–Crippen LogP) is 0.770. The summed E-state index contributed by atoms with van der Waals surface area (Å²) in [7, 11) is -4.64. The van der Waals surface area contributed by atoms with E-state index < -0.39 is 7.82 Å². The summed E-state index contributed by atoms with van der Waals surface area (Å²) in [5.74, 6) is 0. The molecule has 0 unspecified atom stereocenters. The summed E-state index contributed by atoms with van der Waals surface area (Å²) in [6, 6.07) is 4.00. The lowest BCUT2D eigenvalue weighted by Gasteiger charge is -1.92. The van der Waals surface area contributed by atoms with Crippen LogP contribution >= 0.6 is 7.82 Å². The highest BCUT2D eigenvalue weighted by Gasteiger charge is 2.00. The Morgan fingerprint density at radius 3 is 2.00 bits per heavy atom. The Balaban J connectivity index is 0.000000252. The Kier molecular flexibility index (Phi) is 4.80. The van der Waals surface area contributed by atoms with Crippen molar-refractivity contribution in [1.82, 2.24) is 4.98 Å². The third-order valence-corrected chi connectivity index (χ3v) is 1.27. The average molecular weight is 205 g/mol. The number of phosphoric acid groups is 1. The van der Waals surface area contributed by atoms with Gasteiger partial charge in [0.1, 0.15) is 0 Å². The Morgan fingerprint density at radius 2 is 1.77 bits per heavy atom. The van der Waals surface area contributed by atoms with Gasteiger partial charge in [-0.3, -0.25) is 4.98 Å². The van der Waals surface area contributed by atoms with Crippen LogP contribution < -0.4 is 0 Å². The molecule has 74 valence electrons. The van der Waals surface area contributed by atoms with E-state index in [0.29, 0.717) is 0 Å². The van der Waals surface area contributed by atoms with Gasteiger partial charge in [0.05, 0.1) is 0 Å². The molecule has 0 atom stereocenters. The van der Waals surface area contributed by atoms with Gasteiger partial charge in [-0.05, 0) is 25.5 Å². The van der Waals surface area contributed by atoms with Crippen LogP contribution in [0.4, 0.5) is 0 Å². The van der Waals surface area contributed by atoms with Gasteiger partial charge in [0.15, 0.2) is 0 Å². The van der Waals surface area contributed by atoms with Crippen molar-refractivity contribution < 1.29 is 19.2 Å². The van der Waals surface area contributed by atoms with Crippen molar-refractivity contribution in [1.29, 1.82) is 0 Å². The third kappa shape index (κ3) is 9.17. The largest absolute Gasteiger partial charge is 0.466 e. The molecule has 1 aromatic rings. The van der Waals surface area contributed by atoms with Crippen LogP contribution in [-0.2, 0) is 4.57 Å². The fraction of sp³-hybridized carbons (Fsp3) is 0.286. The number of hydrogen-bond donors (Lipinski definition) is 3. The van der Waals surface area contributed by atoms with Crippen LogP contribution in [-0.4, -0.2) is 19.7 Å². The minimum Gasteiger partial charge on any atom is -0.303 e. The topological polar surface area (TPSA) is 90.7 Å². The Bertz CT molecular complexity index is 280. The van der Waals surface area contributed by atoms with Crippen molar-refractivity contribution in [2.24, 2.45) is 0 Å². The molecule has 1 rings (SSSR count). The molecule has 3 N–H and O–H groups in total. The van der Waals surface area contributed by atoms with Crippen molar-refractivity contribution in [2.75, 3.05) is 0 Å². The van der Waals surface area contributed by atoms with E-state index in [1.54, 1.807) is 0 Å². The lowest BCUT2D eigenvalue weighted by atomic mass is 10.2. The van der Waals surface area contributed by atoms with E-state index in [1.165, 1.54) is 5.56 Å². The van der Waals surface area contributed by atoms with Crippen molar-refractivity contribution in [3.63, 3.8) is 0 Å². The minimum absolute atomic E-state index is 1.12. The van der Waals surface area contributed by atoms with Crippen molar-refractivity contribution in [3.8, 4) is 0 Å². The molecule has 6 heteroatoms. The second-order valence-corrected chi connectivity index (χ2v) is 3.45. The number of aryl methyl sites for hydroxylation is 2. The summed E-state index contributed by atoms with van der Waals surface area (Å²) in [4.78, 5) is 25.6. The second-order valence-electron chi connectivity index (χ2n) is 2.42. The Hall–Kier alpha value is -0.740. The van der Waals surface area contributed by atoms with Crippen molar-refractivity contribution in [3.05, 3.63) is 29.6 Å².